The van der Waals surface area contributed by atoms with Crippen molar-refractivity contribution in [2.24, 2.45) is 0 Å². The van der Waals surface area contributed by atoms with Crippen molar-refractivity contribution in [3.05, 3.63) is 10.1 Å². The Hall–Kier alpha value is -1.46. The first kappa shape index (κ1) is 33.2. The van der Waals surface area contributed by atoms with Crippen molar-refractivity contribution in [1.82, 2.24) is 0 Å². The average Bonchev–Trinajstić information content (AvgIpc) is 1.87. The van der Waals surface area contributed by atoms with Gasteiger partial charge in [-0.25, -0.2) is 0 Å². The first-order valence-electron chi connectivity index (χ1n) is 3.90. The molecule has 3 nitrogen and oxygen atoms in total. The Kier molecular flexibility index (Phi) is 20.4. The molecule has 0 atom stereocenters. The summed E-state index contributed by atoms with van der Waals surface area (Å²) in [7, 11) is -24.0. The third-order valence-corrected chi connectivity index (χ3v) is 0. The highest BCUT2D eigenvalue weighted by molar-refractivity contribution is 6.50. The van der Waals surface area contributed by atoms with Gasteiger partial charge >= 0.3 is 29.0 Å². The van der Waals surface area contributed by atoms with Crippen LogP contribution in [0.5, 0.6) is 0 Å². The summed E-state index contributed by atoms with van der Waals surface area (Å²) < 4.78 is 156. The van der Waals surface area contributed by atoms with Crippen LogP contribution in [0.2, 0.25) is 0 Å². The quantitative estimate of drug-likeness (QED) is 0.296. The molecule has 0 aromatic carbocycles. The highest BCUT2D eigenvalue weighted by atomic mass is 19.5. The van der Waals surface area contributed by atoms with Crippen LogP contribution in [0, 0.1) is 10.1 Å². The molecule has 0 aliphatic rings. The number of nitrogens with one attached hydrogen (secondary N) is 1. The Bertz CT molecular complexity index is 175. The molecule has 0 radical (unpaired) electrons. The molecule has 23 heteroatoms. The molecule has 0 spiro atoms. The highest BCUT2D eigenvalue weighted by Gasteiger charge is 2.21. The topological polar surface area (TPSA) is 54.1 Å². The Morgan fingerprint density at radius 1 is 0.435 bits per heavy atom. The first-order valence-corrected chi connectivity index (χ1v) is 3.90. The maximum absolute atomic E-state index is 9.75. The van der Waals surface area contributed by atoms with Crippen LogP contribution in [0.4, 0.5) is 69.1 Å². The lowest BCUT2D eigenvalue weighted by Gasteiger charge is -1.94. The van der Waals surface area contributed by atoms with E-state index >= 15 is 0 Å². The van der Waals surface area contributed by atoms with Gasteiger partial charge in [0.25, 0.3) is 0 Å². The van der Waals surface area contributed by atoms with Crippen molar-refractivity contribution in [3.63, 3.8) is 0 Å². The minimum absolute atomic E-state index is 0.250. The van der Waals surface area contributed by atoms with Crippen LogP contribution in [-0.4, -0.2) is 29.0 Å². The van der Waals surface area contributed by atoms with Gasteiger partial charge in [-0.1, -0.05) is 0 Å². The fourth-order valence-corrected chi connectivity index (χ4v) is 0. The Morgan fingerprint density at radius 2 is 0.435 bits per heavy atom. The number of hydrogen-bond acceptors (Lipinski definition) is 2. The summed E-state index contributed by atoms with van der Waals surface area (Å²) in [6.45, 7) is 0. The molecular formula is HB4F16NO2-4. The minimum atomic E-state index is -6.00. The molecular weight excluding hydrogens is 393 g/mol. The summed E-state index contributed by atoms with van der Waals surface area (Å²) >= 11 is 0. The van der Waals surface area contributed by atoms with Crippen molar-refractivity contribution in [1.29, 1.82) is 0 Å². The summed E-state index contributed by atoms with van der Waals surface area (Å²) in [5, 5.41) is 8.38. The van der Waals surface area contributed by atoms with Crippen LogP contribution < -0.4 is 5.34 Å². The van der Waals surface area contributed by atoms with E-state index in [1.165, 1.54) is 0 Å². The first-order chi connectivity index (χ1) is 9.41. The molecule has 0 aliphatic carbocycles. The lowest BCUT2D eigenvalue weighted by Crippen LogP contribution is -2.53. The van der Waals surface area contributed by atoms with Crippen LogP contribution in [-0.2, 0) is 0 Å². The van der Waals surface area contributed by atoms with Gasteiger partial charge in [-0.3, -0.25) is 10.1 Å². The van der Waals surface area contributed by atoms with E-state index in [1.54, 1.807) is 0 Å². The second-order valence-corrected chi connectivity index (χ2v) is 2.06. The molecule has 0 amide bonds. The molecule has 0 rings (SSSR count). The largest absolute Gasteiger partial charge is 0.673 e. The van der Waals surface area contributed by atoms with Gasteiger partial charge in [0.05, 0.1) is 0 Å². The zero-order valence-electron chi connectivity index (χ0n) is 9.67. The summed E-state index contributed by atoms with van der Waals surface area (Å²) in [5.74, 6) is 0. The molecule has 0 aliphatic heterocycles. The predicted molar refractivity (Wildman–Crippen MR) is 48.4 cm³/mol. The molecule has 0 aromatic heterocycles. The van der Waals surface area contributed by atoms with Crippen LogP contribution >= 0.6 is 0 Å². The van der Waals surface area contributed by atoms with Crippen molar-refractivity contribution < 1.29 is 74.4 Å². The monoisotopic (exact) mass is 395 g/mol. The molecule has 0 bridgehead atoms. The fourth-order valence-electron chi connectivity index (χ4n) is 0. The lowest BCUT2D eigenvalue weighted by atomic mass is 10.3. The fraction of sp³-hybridized carbons (Fsp3) is 0. The molecule has 1 N–H and O–H groups in total. The van der Waals surface area contributed by atoms with E-state index in [1.807, 2.05) is 0 Å². The van der Waals surface area contributed by atoms with E-state index in [0.717, 1.165) is 0 Å². The molecule has 0 unspecified atom stereocenters. The van der Waals surface area contributed by atoms with E-state index in [4.69, 9.17) is 10.1 Å². The van der Waals surface area contributed by atoms with Crippen molar-refractivity contribution in [2.45, 2.75) is 0 Å². The minimum Gasteiger partial charge on any atom is -0.418 e. The van der Waals surface area contributed by atoms with Gasteiger partial charge in [-0.05, 0) is 0 Å². The highest BCUT2D eigenvalue weighted by Crippen LogP contribution is 2.08. The van der Waals surface area contributed by atoms with E-state index in [0.29, 0.717) is 0 Å². The SMILES string of the molecule is F[B-](F)(F)F.F[B-](F)(F)F.F[B-](F)(F)F.F[B-](F)(F)F.O=[NH+][O-]. The third kappa shape index (κ3) is 3310. The molecule has 0 fully saturated rings. The van der Waals surface area contributed by atoms with Gasteiger partial charge < -0.3 is 69.1 Å². The van der Waals surface area contributed by atoms with Gasteiger partial charge in [0.15, 0.2) is 0 Å². The number of halogens is 16. The van der Waals surface area contributed by atoms with Gasteiger partial charge in [-0.15, -0.1) is 0 Å². The lowest BCUT2D eigenvalue weighted by molar-refractivity contribution is -0.398. The summed E-state index contributed by atoms with van der Waals surface area (Å²) in [4.78, 5) is 8.12. The van der Waals surface area contributed by atoms with Gasteiger partial charge in [0.1, 0.15) is 0 Å². The van der Waals surface area contributed by atoms with E-state index in [2.05, 4.69) is 0 Å². The van der Waals surface area contributed by atoms with E-state index in [9.17, 15) is 69.1 Å². The van der Waals surface area contributed by atoms with Gasteiger partial charge in [0, 0.05) is 5.34 Å². The van der Waals surface area contributed by atoms with Crippen LogP contribution in [0.25, 0.3) is 0 Å². The number of hydrogen-bond donors (Lipinski definition) is 1. The zero-order chi connectivity index (χ0) is 20.7. The smallest absolute Gasteiger partial charge is 0.418 e. The second-order valence-electron chi connectivity index (χ2n) is 2.06. The maximum Gasteiger partial charge on any atom is 0.673 e. The van der Waals surface area contributed by atoms with Crippen LogP contribution in [0.3, 0.4) is 0 Å². The summed E-state index contributed by atoms with van der Waals surface area (Å²) in [6, 6.07) is 0. The zero-order valence-corrected chi connectivity index (χ0v) is 9.67. The third-order valence-electron chi connectivity index (χ3n) is 0. The van der Waals surface area contributed by atoms with Crippen molar-refractivity contribution in [3.8, 4) is 0 Å². The van der Waals surface area contributed by atoms with Crippen LogP contribution in [0.1, 0.15) is 0 Å². The van der Waals surface area contributed by atoms with Crippen LogP contribution in [0.15, 0.2) is 0 Å². The maximum atomic E-state index is 9.75. The standard InChI is InChI=1S/4BF4.HNO2/c4*2-1(3,4)5;2-1-3/h;;;;1H/q4*-1;. The molecule has 0 heterocycles. The summed E-state index contributed by atoms with van der Waals surface area (Å²) in [6.07, 6.45) is 0. The predicted octanol–water partition coefficient (Wildman–Crippen LogP) is 3.53. The van der Waals surface area contributed by atoms with E-state index < -0.39 is 29.0 Å². The Morgan fingerprint density at radius 3 is 0.435 bits per heavy atom. The van der Waals surface area contributed by atoms with E-state index in [-0.39, 0.29) is 5.34 Å². The molecule has 146 valence electrons. The summed E-state index contributed by atoms with van der Waals surface area (Å²) in [5.41, 5.74) is 0. The van der Waals surface area contributed by atoms with Gasteiger partial charge in [-0.2, -0.15) is 0 Å². The average molecular weight is 394 g/mol. The van der Waals surface area contributed by atoms with Gasteiger partial charge in [0.2, 0.25) is 0 Å². The molecule has 23 heavy (non-hydrogen) atoms. The molecule has 0 saturated carbocycles. The van der Waals surface area contributed by atoms with Crippen molar-refractivity contribution >= 4 is 29.0 Å². The Balaban J connectivity index is -0.0000000593. The van der Waals surface area contributed by atoms with Crippen molar-refractivity contribution in [2.75, 3.05) is 0 Å². The number of rotatable bonds is 0. The Labute approximate surface area is 115 Å². The second kappa shape index (κ2) is 14.2. The normalized spacial score (nSPS) is 11.0. The molecule has 0 aromatic rings. The molecule has 0 saturated heterocycles.